The summed E-state index contributed by atoms with van der Waals surface area (Å²) in [5.41, 5.74) is -0.115. The number of carbonyl (C=O) groups excluding carboxylic acids is 2. The lowest BCUT2D eigenvalue weighted by atomic mass is 10.3. The van der Waals surface area contributed by atoms with Gasteiger partial charge in [0.1, 0.15) is 11.8 Å². The molecule has 0 bridgehead atoms. The summed E-state index contributed by atoms with van der Waals surface area (Å²) >= 11 is 0. The zero-order valence-electron chi connectivity index (χ0n) is 10.3. The Kier molecular flexibility index (Phi) is 4.81. The van der Waals surface area contributed by atoms with Crippen molar-refractivity contribution in [2.24, 2.45) is 0 Å². The van der Waals surface area contributed by atoms with Gasteiger partial charge >= 0.3 is 12.1 Å². The van der Waals surface area contributed by atoms with E-state index in [0.29, 0.717) is 0 Å². The lowest BCUT2D eigenvalue weighted by Gasteiger charge is -2.11. The number of methoxy groups -OCH3 is 1. The van der Waals surface area contributed by atoms with Gasteiger partial charge in [0.25, 0.3) is 5.69 Å². The van der Waals surface area contributed by atoms with Crippen LogP contribution in [0.3, 0.4) is 0 Å². The predicted molar refractivity (Wildman–Crippen MR) is 63.7 cm³/mol. The van der Waals surface area contributed by atoms with E-state index in [1.165, 1.54) is 38.3 Å². The molecule has 1 amide bonds. The molecule has 1 rings (SSSR count). The van der Waals surface area contributed by atoms with E-state index < -0.39 is 23.0 Å². The van der Waals surface area contributed by atoms with Crippen LogP contribution in [-0.2, 0) is 9.53 Å². The van der Waals surface area contributed by atoms with Crippen LogP contribution in [-0.4, -0.2) is 30.1 Å². The summed E-state index contributed by atoms with van der Waals surface area (Å²) in [5, 5.41) is 12.7. The fourth-order valence-electron chi connectivity index (χ4n) is 1.18. The van der Waals surface area contributed by atoms with Gasteiger partial charge in [-0.25, -0.2) is 9.59 Å². The van der Waals surface area contributed by atoms with Crippen LogP contribution >= 0.6 is 0 Å². The number of amides is 1. The van der Waals surface area contributed by atoms with Crippen LogP contribution in [0.25, 0.3) is 0 Å². The fourth-order valence-corrected chi connectivity index (χ4v) is 1.18. The molecular weight excluding hydrogens is 256 g/mol. The van der Waals surface area contributed by atoms with Crippen LogP contribution in [0.2, 0.25) is 0 Å². The molecule has 0 aliphatic heterocycles. The summed E-state index contributed by atoms with van der Waals surface area (Å²) < 4.78 is 9.25. The molecule has 0 saturated carbocycles. The number of non-ortho nitro benzene ring substituents is 1. The van der Waals surface area contributed by atoms with Crippen molar-refractivity contribution >= 4 is 17.7 Å². The summed E-state index contributed by atoms with van der Waals surface area (Å²) in [6.45, 7) is 1.43. The second-order valence-corrected chi connectivity index (χ2v) is 3.53. The minimum Gasteiger partial charge on any atom is -0.467 e. The van der Waals surface area contributed by atoms with Crippen LogP contribution in [0.4, 0.5) is 10.5 Å². The third-order valence-electron chi connectivity index (χ3n) is 2.15. The molecule has 19 heavy (non-hydrogen) atoms. The first-order valence-corrected chi connectivity index (χ1v) is 5.24. The molecule has 0 radical (unpaired) electrons. The molecule has 0 aromatic heterocycles. The van der Waals surface area contributed by atoms with Crippen molar-refractivity contribution in [2.75, 3.05) is 7.11 Å². The average Bonchev–Trinajstić information content (AvgIpc) is 2.38. The lowest BCUT2D eigenvalue weighted by molar-refractivity contribution is -0.384. The molecule has 1 unspecified atom stereocenters. The van der Waals surface area contributed by atoms with Gasteiger partial charge in [0.15, 0.2) is 0 Å². The Balaban J connectivity index is 2.57. The van der Waals surface area contributed by atoms with E-state index in [1.807, 2.05) is 0 Å². The first-order valence-electron chi connectivity index (χ1n) is 5.24. The van der Waals surface area contributed by atoms with Gasteiger partial charge in [-0.05, 0) is 19.1 Å². The molecule has 1 aromatic rings. The standard InChI is InChI=1S/C11H12N2O6/c1-7(10(14)18-2)12-11(15)19-9-5-3-8(4-6-9)13(16)17/h3-7H,1-2H3,(H,12,15). The zero-order chi connectivity index (χ0) is 14.4. The molecule has 0 aliphatic rings. The van der Waals surface area contributed by atoms with Crippen molar-refractivity contribution < 1.29 is 24.0 Å². The summed E-state index contributed by atoms with van der Waals surface area (Å²) in [7, 11) is 1.20. The van der Waals surface area contributed by atoms with Crippen LogP contribution < -0.4 is 10.1 Å². The first-order chi connectivity index (χ1) is 8.93. The highest BCUT2D eigenvalue weighted by molar-refractivity contribution is 5.81. The number of ether oxygens (including phenoxy) is 2. The average molecular weight is 268 g/mol. The van der Waals surface area contributed by atoms with E-state index >= 15 is 0 Å². The SMILES string of the molecule is COC(=O)C(C)NC(=O)Oc1ccc([N+](=O)[O-])cc1. The number of hydrogen-bond donors (Lipinski definition) is 1. The lowest BCUT2D eigenvalue weighted by Crippen LogP contribution is -2.40. The zero-order valence-corrected chi connectivity index (χ0v) is 10.3. The molecule has 1 atom stereocenters. The van der Waals surface area contributed by atoms with E-state index in [0.717, 1.165) is 0 Å². The van der Waals surface area contributed by atoms with Gasteiger partial charge < -0.3 is 14.8 Å². The number of rotatable bonds is 4. The molecule has 1 aromatic carbocycles. The Labute approximate surface area is 108 Å². The number of nitro benzene ring substituents is 1. The fraction of sp³-hybridized carbons (Fsp3) is 0.273. The van der Waals surface area contributed by atoms with Gasteiger partial charge in [0, 0.05) is 12.1 Å². The molecule has 0 fully saturated rings. The highest BCUT2D eigenvalue weighted by Crippen LogP contribution is 2.17. The van der Waals surface area contributed by atoms with E-state index in [9.17, 15) is 19.7 Å². The maximum absolute atomic E-state index is 11.4. The topological polar surface area (TPSA) is 108 Å². The van der Waals surface area contributed by atoms with Gasteiger partial charge in [-0.1, -0.05) is 0 Å². The molecule has 0 spiro atoms. The molecule has 8 heteroatoms. The molecule has 0 saturated heterocycles. The largest absolute Gasteiger partial charge is 0.467 e. The van der Waals surface area contributed by atoms with Crippen molar-refractivity contribution in [1.29, 1.82) is 0 Å². The molecule has 0 heterocycles. The van der Waals surface area contributed by atoms with Gasteiger partial charge in [-0.15, -0.1) is 0 Å². The normalized spacial score (nSPS) is 11.3. The minimum atomic E-state index is -0.855. The van der Waals surface area contributed by atoms with E-state index in [1.54, 1.807) is 0 Å². The van der Waals surface area contributed by atoms with Crippen LogP contribution in [0.5, 0.6) is 5.75 Å². The van der Waals surface area contributed by atoms with Gasteiger partial charge in [0.05, 0.1) is 12.0 Å². The van der Waals surface area contributed by atoms with E-state index in [4.69, 9.17) is 4.74 Å². The Hall–Kier alpha value is -2.64. The molecule has 102 valence electrons. The van der Waals surface area contributed by atoms with Crippen LogP contribution in [0.1, 0.15) is 6.92 Å². The summed E-state index contributed by atoms with van der Waals surface area (Å²) in [6.07, 6.45) is -0.855. The quantitative estimate of drug-likeness (QED) is 0.500. The Morgan fingerprint density at radius 1 is 1.32 bits per heavy atom. The molecule has 0 aliphatic carbocycles. The number of esters is 1. The number of hydrogen-bond acceptors (Lipinski definition) is 6. The summed E-state index contributed by atoms with van der Waals surface area (Å²) in [4.78, 5) is 32.3. The molecule has 1 N–H and O–H groups in total. The van der Waals surface area contributed by atoms with Gasteiger partial charge in [-0.2, -0.15) is 0 Å². The highest BCUT2D eigenvalue weighted by Gasteiger charge is 2.17. The van der Waals surface area contributed by atoms with Crippen molar-refractivity contribution in [1.82, 2.24) is 5.32 Å². The summed E-state index contributed by atoms with van der Waals surface area (Å²) in [6, 6.07) is 4.11. The van der Waals surface area contributed by atoms with Crippen molar-refractivity contribution in [2.45, 2.75) is 13.0 Å². The van der Waals surface area contributed by atoms with Crippen molar-refractivity contribution in [3.63, 3.8) is 0 Å². The second kappa shape index (κ2) is 6.34. The Morgan fingerprint density at radius 3 is 2.37 bits per heavy atom. The van der Waals surface area contributed by atoms with Gasteiger partial charge in [-0.3, -0.25) is 10.1 Å². The van der Waals surface area contributed by atoms with Crippen molar-refractivity contribution in [3.8, 4) is 5.75 Å². The highest BCUT2D eigenvalue weighted by atomic mass is 16.6. The Morgan fingerprint density at radius 2 is 1.89 bits per heavy atom. The first kappa shape index (κ1) is 14.4. The van der Waals surface area contributed by atoms with Crippen LogP contribution in [0.15, 0.2) is 24.3 Å². The second-order valence-electron chi connectivity index (χ2n) is 3.53. The summed E-state index contributed by atoms with van der Waals surface area (Å²) in [5.74, 6) is -0.485. The number of nitro groups is 1. The smallest absolute Gasteiger partial charge is 0.413 e. The molecular formula is C11H12N2O6. The third-order valence-corrected chi connectivity index (χ3v) is 2.15. The number of carbonyl (C=O) groups is 2. The van der Waals surface area contributed by atoms with Crippen LogP contribution in [0, 0.1) is 10.1 Å². The minimum absolute atomic E-state index is 0.115. The van der Waals surface area contributed by atoms with Gasteiger partial charge in [0.2, 0.25) is 0 Å². The number of nitrogens with one attached hydrogen (secondary N) is 1. The maximum atomic E-state index is 11.4. The predicted octanol–water partition coefficient (Wildman–Crippen LogP) is 1.24. The Bertz CT molecular complexity index is 484. The van der Waals surface area contributed by atoms with E-state index in [2.05, 4.69) is 10.1 Å². The number of nitrogens with zero attached hydrogens (tertiary/aromatic N) is 1. The van der Waals surface area contributed by atoms with Crippen molar-refractivity contribution in [3.05, 3.63) is 34.4 Å². The maximum Gasteiger partial charge on any atom is 0.413 e. The van der Waals surface area contributed by atoms with E-state index in [-0.39, 0.29) is 11.4 Å². The molecule has 8 nitrogen and oxygen atoms in total. The number of benzene rings is 1. The monoisotopic (exact) mass is 268 g/mol. The third kappa shape index (κ3) is 4.26.